The third kappa shape index (κ3) is 4.41. The van der Waals surface area contributed by atoms with Crippen LogP contribution in [0.3, 0.4) is 0 Å². The van der Waals surface area contributed by atoms with E-state index in [2.05, 4.69) is 34.5 Å². The fourth-order valence-electron chi connectivity index (χ4n) is 4.67. The van der Waals surface area contributed by atoms with Crippen molar-refractivity contribution in [1.82, 2.24) is 10.2 Å². The van der Waals surface area contributed by atoms with Crippen LogP contribution in [0.4, 0.5) is 10.5 Å². The van der Waals surface area contributed by atoms with Crippen molar-refractivity contribution in [2.75, 3.05) is 37.7 Å². The zero-order valence-electron chi connectivity index (χ0n) is 17.8. The molecule has 30 heavy (non-hydrogen) atoms. The van der Waals surface area contributed by atoms with Crippen LogP contribution in [0.2, 0.25) is 0 Å². The Bertz CT molecular complexity index is 746. The molecule has 1 aromatic rings. The molecule has 4 rings (SSSR count). The van der Waals surface area contributed by atoms with Crippen molar-refractivity contribution < 1.29 is 19.4 Å². The minimum atomic E-state index is -0.378. The van der Waals surface area contributed by atoms with E-state index in [-0.39, 0.29) is 29.6 Å². The number of aliphatic hydroxyl groups is 1. The van der Waals surface area contributed by atoms with Crippen LogP contribution in [-0.2, 0) is 14.9 Å². The first-order valence-electron chi connectivity index (χ1n) is 11.3. The number of carbonyl (C=O) groups excluding carboxylic acids is 2. The lowest BCUT2D eigenvalue weighted by atomic mass is 9.90. The Balaban J connectivity index is 1.33. The van der Waals surface area contributed by atoms with Crippen LogP contribution in [-0.4, -0.2) is 66.9 Å². The van der Waals surface area contributed by atoms with Gasteiger partial charge in [-0.3, -0.25) is 4.79 Å². The maximum Gasteiger partial charge on any atom is 0.409 e. The van der Waals surface area contributed by atoms with Crippen molar-refractivity contribution in [3.63, 3.8) is 0 Å². The van der Waals surface area contributed by atoms with E-state index in [4.69, 9.17) is 4.74 Å². The molecule has 1 heterocycles. The topological polar surface area (TPSA) is 82.1 Å². The van der Waals surface area contributed by atoms with Crippen LogP contribution in [0.1, 0.15) is 51.0 Å². The first kappa shape index (κ1) is 21.0. The Morgan fingerprint density at radius 3 is 2.27 bits per heavy atom. The summed E-state index contributed by atoms with van der Waals surface area (Å²) >= 11 is 0. The molecule has 1 aliphatic heterocycles. The van der Waals surface area contributed by atoms with E-state index in [1.165, 1.54) is 0 Å². The molecule has 2 aliphatic carbocycles. The summed E-state index contributed by atoms with van der Waals surface area (Å²) < 4.78 is 5.08. The highest BCUT2D eigenvalue weighted by Gasteiger charge is 2.51. The van der Waals surface area contributed by atoms with Gasteiger partial charge in [-0.25, -0.2) is 4.79 Å². The van der Waals surface area contributed by atoms with Gasteiger partial charge in [0.15, 0.2) is 0 Å². The number of amides is 2. The van der Waals surface area contributed by atoms with E-state index in [1.54, 1.807) is 4.90 Å². The molecule has 2 amide bonds. The second kappa shape index (κ2) is 8.84. The molecule has 164 valence electrons. The van der Waals surface area contributed by atoms with Crippen molar-refractivity contribution in [2.24, 2.45) is 0 Å². The maximum absolute atomic E-state index is 13.0. The van der Waals surface area contributed by atoms with Crippen LogP contribution < -0.4 is 10.2 Å². The minimum Gasteiger partial charge on any atom is -0.450 e. The van der Waals surface area contributed by atoms with Crippen LogP contribution in [0.5, 0.6) is 0 Å². The van der Waals surface area contributed by atoms with Crippen LogP contribution >= 0.6 is 0 Å². The molecular weight excluding hydrogens is 382 g/mol. The monoisotopic (exact) mass is 415 g/mol. The normalized spacial score (nSPS) is 25.5. The Kier molecular flexibility index (Phi) is 6.18. The number of carbonyl (C=O) groups is 2. The Morgan fingerprint density at radius 1 is 1.07 bits per heavy atom. The van der Waals surface area contributed by atoms with Gasteiger partial charge in [-0.2, -0.15) is 0 Å². The van der Waals surface area contributed by atoms with Gasteiger partial charge < -0.3 is 25.0 Å². The summed E-state index contributed by atoms with van der Waals surface area (Å²) in [6, 6.07) is 8.56. The fraction of sp³-hybridized carbons (Fsp3) is 0.652. The van der Waals surface area contributed by atoms with E-state index in [0.29, 0.717) is 19.7 Å². The van der Waals surface area contributed by atoms with Crippen LogP contribution in [0, 0.1) is 0 Å². The lowest BCUT2D eigenvalue weighted by Crippen LogP contribution is -2.49. The molecule has 0 aromatic heterocycles. The maximum atomic E-state index is 13.0. The molecule has 0 bridgehead atoms. The SMILES string of the molecule is CCOC(=O)N1CCN(c2ccc(C3(C(=O)N[C@H]4CC[C@H](O)CC4)CC3)cc2)CC1. The van der Waals surface area contributed by atoms with Gasteiger partial charge in [0, 0.05) is 37.9 Å². The summed E-state index contributed by atoms with van der Waals surface area (Å²) in [5.74, 6) is 0.139. The molecule has 1 aromatic carbocycles. The van der Waals surface area contributed by atoms with E-state index < -0.39 is 0 Å². The fourth-order valence-corrected chi connectivity index (χ4v) is 4.67. The second-order valence-corrected chi connectivity index (χ2v) is 8.78. The molecule has 2 N–H and O–H groups in total. The minimum absolute atomic E-state index is 0.139. The summed E-state index contributed by atoms with van der Waals surface area (Å²) in [6.07, 6.45) is 4.62. The van der Waals surface area contributed by atoms with Gasteiger partial charge in [0.05, 0.1) is 18.1 Å². The summed E-state index contributed by atoms with van der Waals surface area (Å²) in [7, 11) is 0. The number of benzene rings is 1. The lowest BCUT2D eigenvalue weighted by molar-refractivity contribution is -0.124. The van der Waals surface area contributed by atoms with Gasteiger partial charge in [-0.1, -0.05) is 12.1 Å². The highest BCUT2D eigenvalue weighted by Crippen LogP contribution is 2.49. The molecule has 7 heteroatoms. The standard InChI is InChI=1S/C23H33N3O4/c1-2-30-22(29)26-15-13-25(14-16-26)19-7-3-17(4-8-19)23(11-12-23)21(28)24-18-5-9-20(27)10-6-18/h3-4,7-8,18,20,27H,2,5-6,9-16H2,1H3,(H,24,28)/t18-,20-. The van der Waals surface area contributed by atoms with Crippen molar-refractivity contribution in [1.29, 1.82) is 0 Å². The average Bonchev–Trinajstić information content (AvgIpc) is 3.58. The Morgan fingerprint density at radius 2 is 1.70 bits per heavy atom. The molecule has 0 radical (unpaired) electrons. The largest absolute Gasteiger partial charge is 0.450 e. The molecule has 3 fully saturated rings. The van der Waals surface area contributed by atoms with Gasteiger partial charge in [-0.15, -0.1) is 0 Å². The zero-order chi connectivity index (χ0) is 21.1. The first-order chi connectivity index (χ1) is 14.5. The zero-order valence-corrected chi connectivity index (χ0v) is 17.8. The van der Waals surface area contributed by atoms with E-state index in [1.807, 2.05) is 6.92 Å². The van der Waals surface area contributed by atoms with Gasteiger partial charge in [0.2, 0.25) is 5.91 Å². The summed E-state index contributed by atoms with van der Waals surface area (Å²) in [6.45, 7) is 5.08. The van der Waals surface area contributed by atoms with Crippen molar-refractivity contribution >= 4 is 17.7 Å². The smallest absolute Gasteiger partial charge is 0.409 e. The molecule has 0 spiro atoms. The van der Waals surface area contributed by atoms with E-state index in [0.717, 1.165) is 62.9 Å². The van der Waals surface area contributed by atoms with Crippen LogP contribution in [0.15, 0.2) is 24.3 Å². The van der Waals surface area contributed by atoms with Gasteiger partial charge in [0.1, 0.15) is 0 Å². The number of nitrogens with one attached hydrogen (secondary N) is 1. The number of nitrogens with zero attached hydrogens (tertiary/aromatic N) is 2. The van der Waals surface area contributed by atoms with Gasteiger partial charge in [0.25, 0.3) is 0 Å². The Labute approximate surface area is 178 Å². The first-order valence-corrected chi connectivity index (χ1v) is 11.3. The van der Waals surface area contributed by atoms with E-state index in [9.17, 15) is 14.7 Å². The predicted molar refractivity (Wildman–Crippen MR) is 115 cm³/mol. The predicted octanol–water partition coefficient (Wildman–Crippen LogP) is 2.42. The lowest BCUT2D eigenvalue weighted by Gasteiger charge is -2.35. The number of hydrogen-bond donors (Lipinski definition) is 2. The molecule has 3 aliphatic rings. The number of piperazine rings is 1. The van der Waals surface area contributed by atoms with Crippen molar-refractivity contribution in [2.45, 2.75) is 63.0 Å². The Hall–Kier alpha value is -2.28. The molecule has 7 nitrogen and oxygen atoms in total. The molecule has 1 saturated heterocycles. The number of ether oxygens (including phenoxy) is 1. The van der Waals surface area contributed by atoms with Gasteiger partial charge in [-0.05, 0) is 63.1 Å². The highest BCUT2D eigenvalue weighted by molar-refractivity contribution is 5.91. The number of aliphatic hydroxyl groups excluding tert-OH is 1. The summed E-state index contributed by atoms with van der Waals surface area (Å²) in [5, 5.41) is 12.9. The third-order valence-corrected chi connectivity index (χ3v) is 6.81. The van der Waals surface area contributed by atoms with Gasteiger partial charge >= 0.3 is 6.09 Å². The quantitative estimate of drug-likeness (QED) is 0.772. The number of rotatable bonds is 5. The number of hydrogen-bond acceptors (Lipinski definition) is 5. The number of anilines is 1. The van der Waals surface area contributed by atoms with Crippen molar-refractivity contribution in [3.05, 3.63) is 29.8 Å². The average molecular weight is 416 g/mol. The van der Waals surface area contributed by atoms with Crippen molar-refractivity contribution in [3.8, 4) is 0 Å². The second-order valence-electron chi connectivity index (χ2n) is 8.78. The summed E-state index contributed by atoms with van der Waals surface area (Å²) in [4.78, 5) is 28.9. The summed E-state index contributed by atoms with van der Waals surface area (Å²) in [5.41, 5.74) is 1.83. The molecule has 0 atom stereocenters. The molecular formula is C23H33N3O4. The molecule has 0 unspecified atom stereocenters. The third-order valence-electron chi connectivity index (χ3n) is 6.81. The van der Waals surface area contributed by atoms with Crippen LogP contribution in [0.25, 0.3) is 0 Å². The van der Waals surface area contributed by atoms with E-state index >= 15 is 0 Å². The highest BCUT2D eigenvalue weighted by atomic mass is 16.6. The molecule has 2 saturated carbocycles.